The number of hydrogen-bond donors (Lipinski definition) is 2. The first-order chi connectivity index (χ1) is 6.25. The molecule has 1 aromatic rings. The van der Waals surface area contributed by atoms with Gasteiger partial charge in [-0.05, 0) is 41.9 Å². The van der Waals surface area contributed by atoms with Crippen molar-refractivity contribution >= 4 is 15.9 Å². The summed E-state index contributed by atoms with van der Waals surface area (Å²) in [6.45, 7) is 3.05. The standard InChI is InChI=1S/C9H14BrNO2/c1-7(11-4-2-5-12)9-8(10)3-6-13-9/h3,6-7,11-12H,2,4-5H2,1H3. The Balaban J connectivity index is 2.39. The van der Waals surface area contributed by atoms with E-state index in [-0.39, 0.29) is 12.6 Å². The van der Waals surface area contributed by atoms with E-state index in [2.05, 4.69) is 21.2 Å². The number of nitrogens with one attached hydrogen (secondary N) is 1. The molecule has 4 heteroatoms. The Morgan fingerprint density at radius 1 is 1.69 bits per heavy atom. The molecule has 0 aliphatic rings. The zero-order chi connectivity index (χ0) is 9.68. The van der Waals surface area contributed by atoms with Gasteiger partial charge in [-0.15, -0.1) is 0 Å². The monoisotopic (exact) mass is 247 g/mol. The molecule has 1 rings (SSSR count). The molecule has 0 aromatic carbocycles. The maximum atomic E-state index is 8.59. The summed E-state index contributed by atoms with van der Waals surface area (Å²) >= 11 is 3.39. The molecular formula is C9H14BrNO2. The summed E-state index contributed by atoms with van der Waals surface area (Å²) in [6.07, 6.45) is 2.42. The molecule has 0 radical (unpaired) electrons. The second-order valence-corrected chi connectivity index (χ2v) is 3.74. The highest BCUT2D eigenvalue weighted by atomic mass is 79.9. The van der Waals surface area contributed by atoms with Crippen LogP contribution in [0.4, 0.5) is 0 Å². The maximum absolute atomic E-state index is 8.59. The largest absolute Gasteiger partial charge is 0.466 e. The molecule has 0 aliphatic heterocycles. The number of rotatable bonds is 5. The fourth-order valence-corrected chi connectivity index (χ4v) is 1.65. The van der Waals surface area contributed by atoms with Crippen LogP contribution in [0.1, 0.15) is 25.1 Å². The van der Waals surface area contributed by atoms with Crippen LogP contribution in [0.3, 0.4) is 0 Å². The third-order valence-corrected chi connectivity index (χ3v) is 2.48. The number of hydrogen-bond acceptors (Lipinski definition) is 3. The van der Waals surface area contributed by atoms with Gasteiger partial charge in [-0.2, -0.15) is 0 Å². The van der Waals surface area contributed by atoms with Crippen molar-refractivity contribution in [2.75, 3.05) is 13.2 Å². The van der Waals surface area contributed by atoms with E-state index in [1.54, 1.807) is 6.26 Å². The van der Waals surface area contributed by atoms with Crippen molar-refractivity contribution in [3.05, 3.63) is 22.6 Å². The minimum absolute atomic E-state index is 0.177. The van der Waals surface area contributed by atoms with Crippen LogP contribution in [0, 0.1) is 0 Å². The lowest BCUT2D eigenvalue weighted by molar-refractivity contribution is 0.282. The summed E-state index contributed by atoms with van der Waals surface area (Å²) in [6, 6.07) is 2.05. The first-order valence-electron chi connectivity index (χ1n) is 4.33. The highest BCUT2D eigenvalue weighted by Crippen LogP contribution is 2.23. The Hall–Kier alpha value is -0.320. The van der Waals surface area contributed by atoms with E-state index < -0.39 is 0 Å². The predicted octanol–water partition coefficient (Wildman–Crippen LogP) is 2.08. The normalized spacial score (nSPS) is 13.2. The molecule has 1 heterocycles. The molecule has 0 fully saturated rings. The summed E-state index contributed by atoms with van der Waals surface area (Å²) in [7, 11) is 0. The highest BCUT2D eigenvalue weighted by molar-refractivity contribution is 9.10. The van der Waals surface area contributed by atoms with Crippen LogP contribution in [0.2, 0.25) is 0 Å². The second kappa shape index (κ2) is 5.42. The van der Waals surface area contributed by atoms with Crippen LogP contribution in [-0.4, -0.2) is 18.3 Å². The van der Waals surface area contributed by atoms with Crippen LogP contribution in [0.5, 0.6) is 0 Å². The van der Waals surface area contributed by atoms with Gasteiger partial charge in [-0.25, -0.2) is 0 Å². The lowest BCUT2D eigenvalue weighted by Crippen LogP contribution is -2.20. The zero-order valence-electron chi connectivity index (χ0n) is 7.59. The number of aliphatic hydroxyl groups is 1. The van der Waals surface area contributed by atoms with Crippen LogP contribution in [0.15, 0.2) is 21.2 Å². The average molecular weight is 248 g/mol. The molecule has 2 N–H and O–H groups in total. The minimum atomic E-state index is 0.177. The van der Waals surface area contributed by atoms with Crippen molar-refractivity contribution in [2.45, 2.75) is 19.4 Å². The zero-order valence-corrected chi connectivity index (χ0v) is 9.17. The van der Waals surface area contributed by atoms with Gasteiger partial charge in [0.05, 0.1) is 16.8 Å². The van der Waals surface area contributed by atoms with Crippen LogP contribution in [0.25, 0.3) is 0 Å². The predicted molar refractivity (Wildman–Crippen MR) is 54.5 cm³/mol. The number of halogens is 1. The Morgan fingerprint density at radius 2 is 2.46 bits per heavy atom. The second-order valence-electron chi connectivity index (χ2n) is 2.89. The summed E-state index contributed by atoms with van der Waals surface area (Å²) in [5.41, 5.74) is 0. The van der Waals surface area contributed by atoms with Crippen molar-refractivity contribution in [2.24, 2.45) is 0 Å². The van der Waals surface area contributed by atoms with Crippen LogP contribution < -0.4 is 5.32 Å². The first kappa shape index (κ1) is 10.8. The van der Waals surface area contributed by atoms with Gasteiger partial charge >= 0.3 is 0 Å². The summed E-state index contributed by atoms with van der Waals surface area (Å²) in [4.78, 5) is 0. The molecule has 13 heavy (non-hydrogen) atoms. The van der Waals surface area contributed by atoms with Gasteiger partial charge in [0.1, 0.15) is 5.76 Å². The van der Waals surface area contributed by atoms with E-state index in [4.69, 9.17) is 9.52 Å². The van der Waals surface area contributed by atoms with Crippen molar-refractivity contribution < 1.29 is 9.52 Å². The maximum Gasteiger partial charge on any atom is 0.134 e. The van der Waals surface area contributed by atoms with E-state index in [0.29, 0.717) is 0 Å². The Labute approximate surface area is 86.3 Å². The SMILES string of the molecule is CC(NCCCO)c1occc1Br. The molecule has 0 bridgehead atoms. The Morgan fingerprint density at radius 3 is 3.00 bits per heavy atom. The molecule has 0 amide bonds. The molecule has 1 atom stereocenters. The first-order valence-corrected chi connectivity index (χ1v) is 5.12. The molecule has 0 saturated carbocycles. The highest BCUT2D eigenvalue weighted by Gasteiger charge is 2.11. The summed E-state index contributed by atoms with van der Waals surface area (Å²) in [5, 5.41) is 11.8. The van der Waals surface area contributed by atoms with Crippen LogP contribution in [-0.2, 0) is 0 Å². The van der Waals surface area contributed by atoms with Gasteiger partial charge in [0.2, 0.25) is 0 Å². The fourth-order valence-electron chi connectivity index (χ4n) is 1.10. The topological polar surface area (TPSA) is 45.4 Å². The summed E-state index contributed by atoms with van der Waals surface area (Å²) < 4.78 is 6.27. The van der Waals surface area contributed by atoms with E-state index in [1.165, 1.54) is 0 Å². The van der Waals surface area contributed by atoms with Gasteiger partial charge in [0.25, 0.3) is 0 Å². The molecule has 0 saturated heterocycles. The molecule has 0 spiro atoms. The summed E-state index contributed by atoms with van der Waals surface area (Å²) in [5.74, 6) is 0.901. The van der Waals surface area contributed by atoms with E-state index >= 15 is 0 Å². The molecule has 3 nitrogen and oxygen atoms in total. The average Bonchev–Trinajstić information content (AvgIpc) is 2.52. The Kier molecular flexibility index (Phi) is 4.48. The molecule has 1 unspecified atom stereocenters. The molecule has 1 aromatic heterocycles. The Bertz CT molecular complexity index is 250. The van der Waals surface area contributed by atoms with Crippen molar-refractivity contribution in [1.29, 1.82) is 0 Å². The van der Waals surface area contributed by atoms with Gasteiger partial charge in [0, 0.05) is 6.61 Å². The van der Waals surface area contributed by atoms with Gasteiger partial charge in [-0.1, -0.05) is 0 Å². The van der Waals surface area contributed by atoms with Crippen molar-refractivity contribution in [3.8, 4) is 0 Å². The lowest BCUT2D eigenvalue weighted by Gasteiger charge is -2.10. The molecule has 0 aliphatic carbocycles. The minimum Gasteiger partial charge on any atom is -0.466 e. The smallest absolute Gasteiger partial charge is 0.134 e. The fraction of sp³-hybridized carbons (Fsp3) is 0.556. The van der Waals surface area contributed by atoms with Crippen LogP contribution >= 0.6 is 15.9 Å². The van der Waals surface area contributed by atoms with E-state index in [9.17, 15) is 0 Å². The third-order valence-electron chi connectivity index (χ3n) is 1.82. The van der Waals surface area contributed by atoms with Crippen molar-refractivity contribution in [3.63, 3.8) is 0 Å². The third kappa shape index (κ3) is 3.14. The van der Waals surface area contributed by atoms with Gasteiger partial charge in [-0.3, -0.25) is 0 Å². The van der Waals surface area contributed by atoms with Gasteiger partial charge in [0.15, 0.2) is 0 Å². The van der Waals surface area contributed by atoms with Crippen molar-refractivity contribution in [1.82, 2.24) is 5.32 Å². The molecular weight excluding hydrogens is 234 g/mol. The quantitative estimate of drug-likeness (QED) is 0.784. The van der Waals surface area contributed by atoms with E-state index in [0.717, 1.165) is 23.2 Å². The lowest BCUT2D eigenvalue weighted by atomic mass is 10.2. The van der Waals surface area contributed by atoms with Gasteiger partial charge < -0.3 is 14.8 Å². The number of furan rings is 1. The number of aliphatic hydroxyl groups excluding tert-OH is 1. The van der Waals surface area contributed by atoms with E-state index in [1.807, 2.05) is 13.0 Å². The molecule has 74 valence electrons.